The fraction of sp³-hybridized carbons (Fsp3) is 0.158. The first-order valence-electron chi connectivity index (χ1n) is 7.67. The number of carbonyl (C=O) groups excluding carboxylic acids is 1. The average Bonchev–Trinajstić information content (AvgIpc) is 3.08. The number of aryl methyl sites for hydroxylation is 1. The second-order valence-corrected chi connectivity index (χ2v) is 5.37. The smallest absolute Gasteiger partial charge is 0.258 e. The third-order valence-electron chi connectivity index (χ3n) is 3.41. The van der Waals surface area contributed by atoms with Crippen molar-refractivity contribution >= 4 is 5.91 Å². The van der Waals surface area contributed by atoms with Crippen LogP contribution in [-0.4, -0.2) is 17.5 Å². The monoisotopic (exact) mass is 322 g/mol. The van der Waals surface area contributed by atoms with Crippen molar-refractivity contribution in [2.75, 3.05) is 6.61 Å². The number of benzene rings is 2. The molecule has 5 nitrogen and oxygen atoms in total. The summed E-state index contributed by atoms with van der Waals surface area (Å²) in [7, 11) is 0. The highest BCUT2D eigenvalue weighted by Crippen LogP contribution is 2.19. The van der Waals surface area contributed by atoms with Crippen molar-refractivity contribution in [2.45, 2.75) is 13.5 Å². The topological polar surface area (TPSA) is 64.4 Å². The lowest BCUT2D eigenvalue weighted by Crippen LogP contribution is -2.28. The summed E-state index contributed by atoms with van der Waals surface area (Å²) in [5.74, 6) is 1.58. The van der Waals surface area contributed by atoms with E-state index in [0.29, 0.717) is 17.4 Å². The Balaban J connectivity index is 1.49. The van der Waals surface area contributed by atoms with Crippen molar-refractivity contribution < 1.29 is 13.9 Å². The summed E-state index contributed by atoms with van der Waals surface area (Å²) in [5.41, 5.74) is 2.03. The fourth-order valence-corrected chi connectivity index (χ4v) is 2.21. The number of hydrogen-bond donors (Lipinski definition) is 1. The van der Waals surface area contributed by atoms with Crippen LogP contribution in [0.4, 0.5) is 0 Å². The normalized spacial score (nSPS) is 10.4. The van der Waals surface area contributed by atoms with E-state index in [1.165, 1.54) is 0 Å². The molecule has 1 N–H and O–H groups in total. The predicted octanol–water partition coefficient (Wildman–Crippen LogP) is 3.35. The van der Waals surface area contributed by atoms with Gasteiger partial charge in [0.1, 0.15) is 5.75 Å². The molecule has 0 spiro atoms. The van der Waals surface area contributed by atoms with Crippen LogP contribution in [0.1, 0.15) is 11.5 Å². The third-order valence-corrected chi connectivity index (χ3v) is 3.41. The minimum absolute atomic E-state index is 0.0459. The molecule has 0 aliphatic heterocycles. The lowest BCUT2D eigenvalue weighted by atomic mass is 10.2. The molecule has 0 saturated carbocycles. The second kappa shape index (κ2) is 7.46. The maximum Gasteiger partial charge on any atom is 0.258 e. The Kier molecular flexibility index (Phi) is 4.91. The molecule has 0 aliphatic rings. The Morgan fingerprint density at radius 1 is 1.17 bits per heavy atom. The Morgan fingerprint density at radius 3 is 2.79 bits per heavy atom. The van der Waals surface area contributed by atoms with Crippen LogP contribution in [0.3, 0.4) is 0 Å². The van der Waals surface area contributed by atoms with Crippen molar-refractivity contribution in [1.29, 1.82) is 0 Å². The summed E-state index contributed by atoms with van der Waals surface area (Å²) < 4.78 is 11.1. The zero-order chi connectivity index (χ0) is 16.8. The molecule has 1 heterocycles. The molecule has 0 fully saturated rings. The number of amides is 1. The number of ether oxygens (including phenoxy) is 1. The van der Waals surface area contributed by atoms with Gasteiger partial charge in [0.2, 0.25) is 5.89 Å². The first-order valence-corrected chi connectivity index (χ1v) is 7.67. The highest BCUT2D eigenvalue weighted by atomic mass is 16.5. The SMILES string of the molecule is Cc1cccc(OCC(=O)NCc2ncc(-c3ccccc3)o2)c1. The van der Waals surface area contributed by atoms with Crippen LogP contribution < -0.4 is 10.1 Å². The number of nitrogens with zero attached hydrogens (tertiary/aromatic N) is 1. The molecule has 5 heteroatoms. The Hall–Kier alpha value is -3.08. The van der Waals surface area contributed by atoms with Gasteiger partial charge in [-0.05, 0) is 24.6 Å². The van der Waals surface area contributed by atoms with Gasteiger partial charge >= 0.3 is 0 Å². The molecular weight excluding hydrogens is 304 g/mol. The fourth-order valence-electron chi connectivity index (χ4n) is 2.21. The predicted molar refractivity (Wildman–Crippen MR) is 90.5 cm³/mol. The molecule has 0 radical (unpaired) electrons. The molecule has 0 aliphatic carbocycles. The van der Waals surface area contributed by atoms with Gasteiger partial charge in [0.15, 0.2) is 12.4 Å². The van der Waals surface area contributed by atoms with Gasteiger partial charge in [0.25, 0.3) is 5.91 Å². The number of carbonyl (C=O) groups is 1. The number of rotatable bonds is 6. The van der Waals surface area contributed by atoms with Gasteiger partial charge in [0, 0.05) is 5.56 Å². The number of nitrogens with one attached hydrogen (secondary N) is 1. The van der Waals surface area contributed by atoms with E-state index in [4.69, 9.17) is 9.15 Å². The zero-order valence-corrected chi connectivity index (χ0v) is 13.4. The van der Waals surface area contributed by atoms with Crippen molar-refractivity contribution in [1.82, 2.24) is 10.3 Å². The highest BCUT2D eigenvalue weighted by molar-refractivity contribution is 5.77. The second-order valence-electron chi connectivity index (χ2n) is 5.37. The van der Waals surface area contributed by atoms with E-state index in [1.54, 1.807) is 6.20 Å². The van der Waals surface area contributed by atoms with Gasteiger partial charge in [-0.15, -0.1) is 0 Å². The quantitative estimate of drug-likeness (QED) is 0.756. The van der Waals surface area contributed by atoms with E-state index >= 15 is 0 Å². The number of hydrogen-bond acceptors (Lipinski definition) is 4. The summed E-state index contributed by atoms with van der Waals surface area (Å²) in [6, 6.07) is 17.3. The standard InChI is InChI=1S/C19H18N2O3/c1-14-6-5-9-16(10-14)23-13-18(22)20-12-19-21-11-17(24-19)15-7-3-2-4-8-15/h2-11H,12-13H2,1H3,(H,20,22). The van der Waals surface area contributed by atoms with Gasteiger partial charge in [0.05, 0.1) is 12.7 Å². The molecule has 0 unspecified atom stereocenters. The lowest BCUT2D eigenvalue weighted by Gasteiger charge is -2.06. The lowest BCUT2D eigenvalue weighted by molar-refractivity contribution is -0.123. The van der Waals surface area contributed by atoms with Crippen molar-refractivity contribution in [2.24, 2.45) is 0 Å². The highest BCUT2D eigenvalue weighted by Gasteiger charge is 2.08. The molecule has 3 rings (SSSR count). The maximum absolute atomic E-state index is 11.8. The van der Waals surface area contributed by atoms with Gasteiger partial charge in [-0.25, -0.2) is 4.98 Å². The summed E-state index contributed by atoms with van der Waals surface area (Å²) in [5, 5.41) is 2.73. The van der Waals surface area contributed by atoms with Crippen molar-refractivity contribution in [3.05, 3.63) is 72.2 Å². The van der Waals surface area contributed by atoms with Gasteiger partial charge in [-0.3, -0.25) is 4.79 Å². The largest absolute Gasteiger partial charge is 0.484 e. The molecule has 1 amide bonds. The van der Waals surface area contributed by atoms with Crippen LogP contribution in [0, 0.1) is 6.92 Å². The zero-order valence-electron chi connectivity index (χ0n) is 13.4. The third kappa shape index (κ3) is 4.23. The molecule has 2 aromatic carbocycles. The Morgan fingerprint density at radius 2 is 2.00 bits per heavy atom. The van der Waals surface area contributed by atoms with Crippen LogP contribution >= 0.6 is 0 Å². The van der Waals surface area contributed by atoms with E-state index in [2.05, 4.69) is 10.3 Å². The Bertz CT molecular complexity index is 812. The van der Waals surface area contributed by atoms with Gasteiger partial charge in [-0.1, -0.05) is 42.5 Å². The molecular formula is C19H18N2O3. The summed E-state index contributed by atoms with van der Waals surface area (Å²) in [6.07, 6.45) is 1.65. The molecule has 1 aromatic heterocycles. The summed E-state index contributed by atoms with van der Waals surface area (Å²) >= 11 is 0. The van der Waals surface area contributed by atoms with E-state index in [0.717, 1.165) is 11.1 Å². The number of oxazole rings is 1. The summed E-state index contributed by atoms with van der Waals surface area (Å²) in [4.78, 5) is 16.0. The minimum Gasteiger partial charge on any atom is -0.484 e. The van der Waals surface area contributed by atoms with Gasteiger partial charge in [-0.2, -0.15) is 0 Å². The van der Waals surface area contributed by atoms with E-state index in [9.17, 15) is 4.79 Å². The van der Waals surface area contributed by atoms with Crippen LogP contribution in [0.5, 0.6) is 5.75 Å². The van der Waals surface area contributed by atoms with Crippen LogP contribution in [0.2, 0.25) is 0 Å². The van der Waals surface area contributed by atoms with E-state index in [-0.39, 0.29) is 19.1 Å². The molecule has 3 aromatic rings. The molecule has 122 valence electrons. The van der Waals surface area contributed by atoms with E-state index in [1.807, 2.05) is 61.5 Å². The first kappa shape index (κ1) is 15.8. The maximum atomic E-state index is 11.8. The molecule has 0 bridgehead atoms. The van der Waals surface area contributed by atoms with Crippen LogP contribution in [-0.2, 0) is 11.3 Å². The van der Waals surface area contributed by atoms with Crippen LogP contribution in [0.25, 0.3) is 11.3 Å². The average molecular weight is 322 g/mol. The molecule has 24 heavy (non-hydrogen) atoms. The number of aromatic nitrogens is 1. The van der Waals surface area contributed by atoms with Crippen molar-refractivity contribution in [3.63, 3.8) is 0 Å². The van der Waals surface area contributed by atoms with E-state index < -0.39 is 0 Å². The van der Waals surface area contributed by atoms with Crippen LogP contribution in [0.15, 0.2) is 65.2 Å². The Labute approximate surface area is 140 Å². The molecule has 0 saturated heterocycles. The first-order chi connectivity index (χ1) is 11.7. The van der Waals surface area contributed by atoms with Crippen molar-refractivity contribution in [3.8, 4) is 17.1 Å². The van der Waals surface area contributed by atoms with Gasteiger partial charge < -0.3 is 14.5 Å². The minimum atomic E-state index is -0.226. The summed E-state index contributed by atoms with van der Waals surface area (Å²) in [6.45, 7) is 2.15. The molecule has 0 atom stereocenters.